The largest absolute Gasteiger partial charge is 0.350 e. The molecule has 2 aliphatic rings. The van der Waals surface area contributed by atoms with Crippen molar-refractivity contribution < 1.29 is 4.79 Å². The van der Waals surface area contributed by atoms with Crippen LogP contribution in [-0.4, -0.2) is 40.5 Å². The Labute approximate surface area is 137 Å². The molecule has 6 nitrogen and oxygen atoms in total. The Hall–Kier alpha value is -1.14. The third-order valence-electron chi connectivity index (χ3n) is 5.03. The fraction of sp³-hybridized carbons (Fsp3) is 0.800. The molecule has 2 heterocycles. The second kappa shape index (κ2) is 6.96. The molecule has 1 aromatic rings. The molecule has 1 saturated heterocycles. The van der Waals surface area contributed by atoms with E-state index < -0.39 is 0 Å². The third-order valence-corrected chi connectivity index (χ3v) is 5.03. The summed E-state index contributed by atoms with van der Waals surface area (Å²) in [7, 11) is 0. The van der Waals surface area contributed by atoms with E-state index in [0.29, 0.717) is 11.7 Å². The van der Waals surface area contributed by atoms with Crippen LogP contribution in [0.25, 0.3) is 0 Å². The van der Waals surface area contributed by atoms with Crippen LogP contribution in [0.4, 0.5) is 0 Å². The van der Waals surface area contributed by atoms with Crippen molar-refractivity contribution >= 4 is 18.3 Å². The van der Waals surface area contributed by atoms with E-state index in [1.54, 1.807) is 0 Å². The number of hydrogen-bond donors (Lipinski definition) is 2. The van der Waals surface area contributed by atoms with Gasteiger partial charge >= 0.3 is 0 Å². The summed E-state index contributed by atoms with van der Waals surface area (Å²) < 4.78 is 1.93. The highest BCUT2D eigenvalue weighted by molar-refractivity contribution is 5.93. The van der Waals surface area contributed by atoms with Crippen LogP contribution in [0.3, 0.4) is 0 Å². The van der Waals surface area contributed by atoms with Crippen LogP contribution in [0, 0.1) is 12.3 Å². The van der Waals surface area contributed by atoms with E-state index in [1.165, 1.54) is 19.3 Å². The van der Waals surface area contributed by atoms with E-state index in [0.717, 1.165) is 38.2 Å². The van der Waals surface area contributed by atoms with Gasteiger partial charge in [-0.05, 0) is 51.1 Å². The molecule has 0 unspecified atom stereocenters. The fourth-order valence-electron chi connectivity index (χ4n) is 3.28. The Morgan fingerprint density at radius 2 is 2.09 bits per heavy atom. The summed E-state index contributed by atoms with van der Waals surface area (Å²) in [5.74, 6) is -0.0826. The summed E-state index contributed by atoms with van der Waals surface area (Å²) in [6, 6.07) is 0.365. The normalized spacial score (nSPS) is 20.8. The van der Waals surface area contributed by atoms with Crippen molar-refractivity contribution in [1.29, 1.82) is 0 Å². The maximum absolute atomic E-state index is 12.3. The zero-order valence-electron chi connectivity index (χ0n) is 13.4. The van der Waals surface area contributed by atoms with E-state index in [-0.39, 0.29) is 23.7 Å². The van der Waals surface area contributed by atoms with Crippen molar-refractivity contribution in [2.45, 2.75) is 52.0 Å². The van der Waals surface area contributed by atoms with E-state index >= 15 is 0 Å². The topological polar surface area (TPSA) is 71.8 Å². The predicted molar refractivity (Wildman–Crippen MR) is 87.4 cm³/mol. The minimum Gasteiger partial charge on any atom is -0.350 e. The molecule has 0 atom stereocenters. The number of hydrogen-bond acceptors (Lipinski definition) is 4. The molecule has 3 rings (SSSR count). The lowest BCUT2D eigenvalue weighted by molar-refractivity contribution is 0.0885. The number of amides is 1. The fourth-order valence-corrected chi connectivity index (χ4v) is 3.28. The van der Waals surface area contributed by atoms with Gasteiger partial charge in [-0.15, -0.1) is 17.5 Å². The van der Waals surface area contributed by atoms with Crippen molar-refractivity contribution in [2.75, 3.05) is 19.6 Å². The van der Waals surface area contributed by atoms with Crippen LogP contribution in [0.15, 0.2) is 0 Å². The lowest BCUT2D eigenvalue weighted by Gasteiger charge is -2.38. The second-order valence-electron chi connectivity index (χ2n) is 6.80. The molecule has 7 heteroatoms. The standard InChI is InChI=1S/C15H25N5O.ClH/c1-11-13(14(21)17-10-15(2)6-3-7-15)18-19-20(11)12-4-8-16-9-5-12;/h12,16H,3-10H2,1-2H3,(H,17,21);1H. The highest BCUT2D eigenvalue weighted by Gasteiger charge is 2.32. The van der Waals surface area contributed by atoms with Crippen LogP contribution in [-0.2, 0) is 0 Å². The van der Waals surface area contributed by atoms with E-state index in [9.17, 15) is 4.79 Å². The van der Waals surface area contributed by atoms with Crippen LogP contribution in [0.5, 0.6) is 0 Å². The second-order valence-corrected chi connectivity index (χ2v) is 6.80. The number of nitrogens with zero attached hydrogens (tertiary/aromatic N) is 3. The minimum atomic E-state index is -0.0826. The van der Waals surface area contributed by atoms with Gasteiger partial charge in [-0.3, -0.25) is 4.79 Å². The molecule has 1 aliphatic carbocycles. The SMILES string of the molecule is Cc1c(C(=O)NCC2(C)CCC2)nnn1C1CCNCC1.Cl. The molecular weight excluding hydrogens is 302 g/mol. The molecule has 1 saturated carbocycles. The maximum atomic E-state index is 12.3. The van der Waals surface area contributed by atoms with Gasteiger partial charge in [0.1, 0.15) is 0 Å². The number of halogens is 1. The van der Waals surface area contributed by atoms with Gasteiger partial charge in [0, 0.05) is 6.54 Å². The summed E-state index contributed by atoms with van der Waals surface area (Å²) in [5.41, 5.74) is 1.66. The zero-order valence-corrected chi connectivity index (χ0v) is 14.2. The van der Waals surface area contributed by atoms with Gasteiger partial charge in [0.25, 0.3) is 5.91 Å². The van der Waals surface area contributed by atoms with E-state index in [2.05, 4.69) is 27.9 Å². The van der Waals surface area contributed by atoms with Gasteiger partial charge in [-0.1, -0.05) is 18.6 Å². The first-order valence-corrected chi connectivity index (χ1v) is 8.00. The van der Waals surface area contributed by atoms with Crippen LogP contribution in [0.1, 0.15) is 61.3 Å². The number of piperidine rings is 1. The van der Waals surface area contributed by atoms with Gasteiger partial charge in [-0.25, -0.2) is 4.68 Å². The van der Waals surface area contributed by atoms with Crippen molar-refractivity contribution in [3.8, 4) is 0 Å². The molecule has 2 fully saturated rings. The van der Waals surface area contributed by atoms with Crippen LogP contribution < -0.4 is 10.6 Å². The smallest absolute Gasteiger partial charge is 0.273 e. The molecule has 0 bridgehead atoms. The van der Waals surface area contributed by atoms with Crippen LogP contribution >= 0.6 is 12.4 Å². The molecule has 1 aliphatic heterocycles. The van der Waals surface area contributed by atoms with Gasteiger partial charge in [-0.2, -0.15) is 0 Å². The average molecular weight is 328 g/mol. The van der Waals surface area contributed by atoms with Crippen molar-refractivity contribution in [1.82, 2.24) is 25.6 Å². The molecular formula is C15H26ClN5O. The Morgan fingerprint density at radius 3 is 2.68 bits per heavy atom. The molecule has 22 heavy (non-hydrogen) atoms. The number of aromatic nitrogens is 3. The first kappa shape index (κ1) is 17.2. The van der Waals surface area contributed by atoms with Gasteiger partial charge < -0.3 is 10.6 Å². The zero-order chi connectivity index (χ0) is 14.9. The average Bonchev–Trinajstić information content (AvgIpc) is 2.85. The minimum absolute atomic E-state index is 0. The molecule has 0 aromatic carbocycles. The molecule has 0 spiro atoms. The quantitative estimate of drug-likeness (QED) is 0.885. The van der Waals surface area contributed by atoms with Gasteiger partial charge in [0.2, 0.25) is 0 Å². The van der Waals surface area contributed by atoms with Crippen molar-refractivity contribution in [3.63, 3.8) is 0 Å². The number of rotatable bonds is 4. The highest BCUT2D eigenvalue weighted by Crippen LogP contribution is 2.39. The summed E-state index contributed by atoms with van der Waals surface area (Å²) in [4.78, 5) is 12.3. The predicted octanol–water partition coefficient (Wildman–Crippen LogP) is 1.85. The van der Waals surface area contributed by atoms with Crippen LogP contribution in [0.2, 0.25) is 0 Å². The summed E-state index contributed by atoms with van der Waals surface area (Å²) in [6.07, 6.45) is 5.77. The molecule has 0 radical (unpaired) electrons. The molecule has 2 N–H and O–H groups in total. The van der Waals surface area contributed by atoms with Crippen molar-refractivity contribution in [2.24, 2.45) is 5.41 Å². The van der Waals surface area contributed by atoms with E-state index in [4.69, 9.17) is 0 Å². The molecule has 124 valence electrons. The highest BCUT2D eigenvalue weighted by atomic mass is 35.5. The van der Waals surface area contributed by atoms with Gasteiger partial charge in [0.15, 0.2) is 5.69 Å². The first-order chi connectivity index (χ1) is 10.1. The number of carbonyl (C=O) groups is 1. The maximum Gasteiger partial charge on any atom is 0.273 e. The monoisotopic (exact) mass is 327 g/mol. The number of nitrogens with one attached hydrogen (secondary N) is 2. The third kappa shape index (κ3) is 3.43. The Kier molecular flexibility index (Phi) is 5.45. The Balaban J connectivity index is 0.00000176. The Bertz CT molecular complexity index is 520. The van der Waals surface area contributed by atoms with Crippen molar-refractivity contribution in [3.05, 3.63) is 11.4 Å². The Morgan fingerprint density at radius 1 is 1.41 bits per heavy atom. The molecule has 1 amide bonds. The van der Waals surface area contributed by atoms with Gasteiger partial charge in [0.05, 0.1) is 11.7 Å². The summed E-state index contributed by atoms with van der Waals surface area (Å²) in [5, 5.41) is 14.7. The van der Waals surface area contributed by atoms with E-state index in [1.807, 2.05) is 11.6 Å². The lowest BCUT2D eigenvalue weighted by atomic mass is 9.70. The summed E-state index contributed by atoms with van der Waals surface area (Å²) in [6.45, 7) is 6.93. The number of carbonyl (C=O) groups excluding carboxylic acids is 1. The first-order valence-electron chi connectivity index (χ1n) is 8.00. The lowest BCUT2D eigenvalue weighted by Crippen LogP contribution is -2.40. The molecule has 1 aromatic heterocycles. The summed E-state index contributed by atoms with van der Waals surface area (Å²) >= 11 is 0.